The van der Waals surface area contributed by atoms with Gasteiger partial charge in [0, 0.05) is 22.0 Å². The Morgan fingerprint density at radius 2 is 2.08 bits per heavy atom. The average molecular weight is 361 g/mol. The second-order valence-corrected chi connectivity index (χ2v) is 6.60. The summed E-state index contributed by atoms with van der Waals surface area (Å²) in [6.07, 6.45) is 0. The normalized spacial score (nSPS) is 10.8. The molecular formula is C18H17ClN2O2S. The van der Waals surface area contributed by atoms with Crippen LogP contribution < -0.4 is 15.4 Å². The van der Waals surface area contributed by atoms with E-state index in [0.29, 0.717) is 29.5 Å². The summed E-state index contributed by atoms with van der Waals surface area (Å²) in [6, 6.07) is 12.9. The van der Waals surface area contributed by atoms with Gasteiger partial charge in [-0.05, 0) is 54.2 Å². The Bertz CT molecular complexity index is 863. The molecule has 0 aliphatic carbocycles. The molecule has 2 aromatic carbocycles. The van der Waals surface area contributed by atoms with Crippen molar-refractivity contribution in [3.63, 3.8) is 0 Å². The van der Waals surface area contributed by atoms with Gasteiger partial charge in [-0.25, -0.2) is 0 Å². The molecular weight excluding hydrogens is 344 g/mol. The van der Waals surface area contributed by atoms with E-state index in [4.69, 9.17) is 16.3 Å². The summed E-state index contributed by atoms with van der Waals surface area (Å²) in [6.45, 7) is 1.16. The third kappa shape index (κ3) is 3.87. The molecule has 6 heteroatoms. The number of thiophene rings is 1. The molecule has 1 heterocycles. The molecule has 1 aromatic heterocycles. The van der Waals surface area contributed by atoms with Crippen LogP contribution in [0.3, 0.4) is 0 Å². The van der Waals surface area contributed by atoms with E-state index in [0.717, 1.165) is 15.8 Å². The molecule has 0 aliphatic rings. The molecule has 3 rings (SSSR count). The molecule has 0 radical (unpaired) electrons. The van der Waals surface area contributed by atoms with Crippen LogP contribution in [-0.2, 0) is 0 Å². The van der Waals surface area contributed by atoms with Crippen molar-refractivity contribution in [2.75, 3.05) is 25.5 Å². The third-order valence-corrected chi connectivity index (χ3v) is 4.62. The minimum Gasteiger partial charge on any atom is -0.491 e. The highest BCUT2D eigenvalue weighted by atomic mass is 35.5. The monoisotopic (exact) mass is 360 g/mol. The molecule has 3 aromatic rings. The molecule has 1 amide bonds. The number of rotatable bonds is 6. The number of hydrogen-bond donors (Lipinski definition) is 2. The lowest BCUT2D eigenvalue weighted by molar-refractivity contribution is 0.102. The fraction of sp³-hybridized carbons (Fsp3) is 0.167. The Kier molecular flexibility index (Phi) is 5.35. The molecule has 0 unspecified atom stereocenters. The number of hydrogen-bond acceptors (Lipinski definition) is 4. The minimum absolute atomic E-state index is 0.243. The number of benzene rings is 2. The number of nitrogens with one attached hydrogen (secondary N) is 2. The van der Waals surface area contributed by atoms with Crippen LogP contribution in [0.15, 0.2) is 47.8 Å². The van der Waals surface area contributed by atoms with Gasteiger partial charge < -0.3 is 15.4 Å². The van der Waals surface area contributed by atoms with Crippen LogP contribution in [0.4, 0.5) is 5.69 Å². The lowest BCUT2D eigenvalue weighted by atomic mass is 10.1. The zero-order valence-electron chi connectivity index (χ0n) is 13.1. The van der Waals surface area contributed by atoms with Crippen molar-refractivity contribution >= 4 is 44.6 Å². The van der Waals surface area contributed by atoms with Crippen LogP contribution in [0.5, 0.6) is 5.75 Å². The molecule has 0 atom stereocenters. The van der Waals surface area contributed by atoms with Crippen molar-refractivity contribution in [2.24, 2.45) is 0 Å². The van der Waals surface area contributed by atoms with E-state index in [-0.39, 0.29) is 5.91 Å². The first-order valence-corrected chi connectivity index (χ1v) is 8.78. The van der Waals surface area contributed by atoms with Gasteiger partial charge in [0.1, 0.15) is 12.4 Å². The molecule has 0 fully saturated rings. The van der Waals surface area contributed by atoms with E-state index in [1.54, 1.807) is 29.5 Å². The lowest BCUT2D eigenvalue weighted by Gasteiger charge is -2.12. The first-order chi connectivity index (χ1) is 11.7. The first-order valence-electron chi connectivity index (χ1n) is 7.53. The van der Waals surface area contributed by atoms with Crippen LogP contribution in [0.25, 0.3) is 10.1 Å². The summed E-state index contributed by atoms with van der Waals surface area (Å²) in [5.74, 6) is 0.275. The van der Waals surface area contributed by atoms with Gasteiger partial charge in [-0.15, -0.1) is 11.3 Å². The topological polar surface area (TPSA) is 50.4 Å². The molecule has 2 N–H and O–H groups in total. The zero-order valence-corrected chi connectivity index (χ0v) is 14.7. The average Bonchev–Trinajstić information content (AvgIpc) is 3.04. The molecule has 24 heavy (non-hydrogen) atoms. The minimum atomic E-state index is -0.243. The van der Waals surface area contributed by atoms with Crippen LogP contribution in [0, 0.1) is 0 Å². The van der Waals surface area contributed by atoms with E-state index >= 15 is 0 Å². The van der Waals surface area contributed by atoms with Crippen molar-refractivity contribution in [2.45, 2.75) is 0 Å². The number of anilines is 1. The summed E-state index contributed by atoms with van der Waals surface area (Å²) >= 11 is 7.68. The number of carbonyl (C=O) groups excluding carboxylic acids is 1. The number of fused-ring (bicyclic) bond motifs is 1. The van der Waals surface area contributed by atoms with E-state index in [2.05, 4.69) is 16.7 Å². The van der Waals surface area contributed by atoms with E-state index in [1.807, 2.05) is 30.6 Å². The molecule has 0 aliphatic heterocycles. The number of halogens is 1. The van der Waals surface area contributed by atoms with Crippen LogP contribution >= 0.6 is 22.9 Å². The van der Waals surface area contributed by atoms with Crippen molar-refractivity contribution in [1.29, 1.82) is 0 Å². The van der Waals surface area contributed by atoms with Crippen molar-refractivity contribution < 1.29 is 9.53 Å². The standard InChI is InChI=1S/C18H17ClN2O2S/c1-20-7-8-23-16-5-3-13(19)10-15(16)18(22)21-14-4-2-12-6-9-24-17(12)11-14/h2-6,9-11,20H,7-8H2,1H3,(H,21,22). The number of likely N-dealkylation sites (N-methyl/N-ethyl adjacent to an activating group) is 1. The number of amides is 1. The van der Waals surface area contributed by atoms with Gasteiger partial charge in [-0.2, -0.15) is 0 Å². The van der Waals surface area contributed by atoms with Gasteiger partial charge in [0.25, 0.3) is 5.91 Å². The maximum Gasteiger partial charge on any atom is 0.259 e. The highest BCUT2D eigenvalue weighted by molar-refractivity contribution is 7.17. The number of ether oxygens (including phenoxy) is 1. The van der Waals surface area contributed by atoms with E-state index in [9.17, 15) is 4.79 Å². The second kappa shape index (κ2) is 7.66. The Balaban J connectivity index is 1.81. The molecule has 0 spiro atoms. The summed E-state index contributed by atoms with van der Waals surface area (Å²) in [5.41, 5.74) is 1.17. The van der Waals surface area contributed by atoms with Gasteiger partial charge in [0.2, 0.25) is 0 Å². The summed E-state index contributed by atoms with van der Waals surface area (Å²) in [7, 11) is 1.85. The highest BCUT2D eigenvalue weighted by Crippen LogP contribution is 2.27. The lowest BCUT2D eigenvalue weighted by Crippen LogP contribution is -2.18. The van der Waals surface area contributed by atoms with Crippen molar-refractivity contribution in [1.82, 2.24) is 5.32 Å². The van der Waals surface area contributed by atoms with Gasteiger partial charge >= 0.3 is 0 Å². The van der Waals surface area contributed by atoms with E-state index in [1.165, 1.54) is 0 Å². The predicted molar refractivity (Wildman–Crippen MR) is 101 cm³/mol. The summed E-state index contributed by atoms with van der Waals surface area (Å²) in [5, 5.41) is 9.60. The summed E-state index contributed by atoms with van der Waals surface area (Å²) in [4.78, 5) is 12.6. The highest BCUT2D eigenvalue weighted by Gasteiger charge is 2.14. The van der Waals surface area contributed by atoms with Crippen LogP contribution in [0.1, 0.15) is 10.4 Å². The van der Waals surface area contributed by atoms with Gasteiger partial charge in [0.05, 0.1) is 5.56 Å². The van der Waals surface area contributed by atoms with Crippen LogP contribution in [0.2, 0.25) is 5.02 Å². The first kappa shape index (κ1) is 16.8. The molecule has 0 saturated heterocycles. The third-order valence-electron chi connectivity index (χ3n) is 3.51. The maximum absolute atomic E-state index is 12.6. The van der Waals surface area contributed by atoms with Gasteiger partial charge in [0.15, 0.2) is 0 Å². The largest absolute Gasteiger partial charge is 0.491 e. The SMILES string of the molecule is CNCCOc1ccc(Cl)cc1C(=O)Nc1ccc2ccsc2c1. The fourth-order valence-electron chi connectivity index (χ4n) is 2.30. The Morgan fingerprint density at radius 3 is 2.92 bits per heavy atom. The quantitative estimate of drug-likeness (QED) is 0.640. The Labute approximate surface area is 149 Å². The van der Waals surface area contributed by atoms with Gasteiger partial charge in [-0.3, -0.25) is 4.79 Å². The number of carbonyl (C=O) groups is 1. The Hall–Kier alpha value is -2.08. The fourth-order valence-corrected chi connectivity index (χ4v) is 3.30. The van der Waals surface area contributed by atoms with Crippen LogP contribution in [-0.4, -0.2) is 26.1 Å². The maximum atomic E-state index is 12.6. The van der Waals surface area contributed by atoms with Crippen molar-refractivity contribution in [3.8, 4) is 5.75 Å². The summed E-state index contributed by atoms with van der Waals surface area (Å²) < 4.78 is 6.80. The molecule has 0 bridgehead atoms. The molecule has 124 valence electrons. The molecule has 4 nitrogen and oxygen atoms in total. The smallest absolute Gasteiger partial charge is 0.259 e. The van der Waals surface area contributed by atoms with Crippen molar-refractivity contribution in [3.05, 3.63) is 58.4 Å². The Morgan fingerprint density at radius 1 is 1.21 bits per heavy atom. The van der Waals surface area contributed by atoms with Gasteiger partial charge in [-0.1, -0.05) is 17.7 Å². The predicted octanol–water partition coefficient (Wildman–Crippen LogP) is 4.41. The second-order valence-electron chi connectivity index (χ2n) is 5.22. The van der Waals surface area contributed by atoms with E-state index < -0.39 is 0 Å². The molecule has 0 saturated carbocycles. The zero-order chi connectivity index (χ0) is 16.9.